The summed E-state index contributed by atoms with van der Waals surface area (Å²) in [6.07, 6.45) is 1.75. The second-order valence-corrected chi connectivity index (χ2v) is 12.6. The van der Waals surface area contributed by atoms with Crippen LogP contribution < -0.4 is 9.64 Å². The Labute approximate surface area is 257 Å². The van der Waals surface area contributed by atoms with E-state index in [2.05, 4.69) is 24.1 Å². The highest BCUT2D eigenvalue weighted by atomic mass is 19.1. The van der Waals surface area contributed by atoms with E-state index in [1.165, 1.54) is 6.07 Å². The first kappa shape index (κ1) is 31.0. The maximum absolute atomic E-state index is 15.0. The first-order valence-electron chi connectivity index (χ1n) is 14.9. The molecular formula is C33H38FN7O3. The van der Waals surface area contributed by atoms with Crippen LogP contribution in [0, 0.1) is 35.4 Å². The molecule has 2 aliphatic heterocycles. The van der Waals surface area contributed by atoms with Crippen molar-refractivity contribution in [3.8, 4) is 29.3 Å². The molecule has 0 spiro atoms. The molecule has 2 fully saturated rings. The highest BCUT2D eigenvalue weighted by Gasteiger charge is 2.35. The molecule has 0 aliphatic carbocycles. The van der Waals surface area contributed by atoms with Crippen LogP contribution in [0.25, 0.3) is 22.0 Å². The fourth-order valence-electron chi connectivity index (χ4n) is 5.85. The van der Waals surface area contributed by atoms with Crippen LogP contribution in [-0.4, -0.2) is 83.4 Å². The smallest absolute Gasteiger partial charge is 0.410 e. The van der Waals surface area contributed by atoms with Crippen molar-refractivity contribution in [2.24, 2.45) is 0 Å². The molecule has 11 heteroatoms. The number of aryl methyl sites for hydroxylation is 1. The molecule has 2 aliphatic rings. The van der Waals surface area contributed by atoms with E-state index in [0.29, 0.717) is 54.1 Å². The van der Waals surface area contributed by atoms with Crippen molar-refractivity contribution in [2.45, 2.75) is 64.6 Å². The number of rotatable bonds is 6. The summed E-state index contributed by atoms with van der Waals surface area (Å²) in [6.45, 7) is 9.76. The molecule has 0 unspecified atom stereocenters. The summed E-state index contributed by atoms with van der Waals surface area (Å²) in [7, 11) is 2.07. The Balaban J connectivity index is 1.57. The van der Waals surface area contributed by atoms with Gasteiger partial charge in [0, 0.05) is 42.2 Å². The van der Waals surface area contributed by atoms with Crippen LogP contribution in [0.15, 0.2) is 30.3 Å². The highest BCUT2D eigenvalue weighted by molar-refractivity contribution is 5.95. The third kappa shape index (κ3) is 6.68. The number of nitrogens with zero attached hydrogens (tertiary/aromatic N) is 7. The summed E-state index contributed by atoms with van der Waals surface area (Å²) in [5.74, 6) is 0.100. The van der Waals surface area contributed by atoms with Crippen molar-refractivity contribution >= 4 is 22.8 Å². The molecule has 10 nitrogen and oxygen atoms in total. The van der Waals surface area contributed by atoms with Gasteiger partial charge in [-0.3, -0.25) is 0 Å². The highest BCUT2D eigenvalue weighted by Crippen LogP contribution is 2.35. The van der Waals surface area contributed by atoms with E-state index in [1.54, 1.807) is 29.2 Å². The fourth-order valence-corrected chi connectivity index (χ4v) is 5.85. The van der Waals surface area contributed by atoms with Gasteiger partial charge in [0.05, 0.1) is 35.7 Å². The molecular weight excluding hydrogens is 561 g/mol. The van der Waals surface area contributed by atoms with Crippen molar-refractivity contribution in [3.63, 3.8) is 0 Å². The summed E-state index contributed by atoms with van der Waals surface area (Å²) < 4.78 is 26.8. The molecule has 2 atom stereocenters. The van der Waals surface area contributed by atoms with E-state index in [1.807, 2.05) is 32.6 Å². The second kappa shape index (κ2) is 12.6. The van der Waals surface area contributed by atoms with Gasteiger partial charge in [-0.25, -0.2) is 9.18 Å². The number of amides is 1. The summed E-state index contributed by atoms with van der Waals surface area (Å²) in [5.41, 5.74) is 1.74. The number of carbonyl (C=O) groups is 1. The van der Waals surface area contributed by atoms with Crippen molar-refractivity contribution in [1.29, 1.82) is 10.5 Å². The van der Waals surface area contributed by atoms with Gasteiger partial charge in [0.15, 0.2) is 0 Å². The monoisotopic (exact) mass is 599 g/mol. The quantitative estimate of drug-likeness (QED) is 0.365. The van der Waals surface area contributed by atoms with Gasteiger partial charge < -0.3 is 24.2 Å². The van der Waals surface area contributed by atoms with Gasteiger partial charge in [-0.15, -0.1) is 0 Å². The fraction of sp³-hybridized carbons (Fsp3) is 0.485. The molecule has 1 aromatic heterocycles. The number of carbonyl (C=O) groups excluding carboxylic acids is 1. The molecule has 2 saturated heterocycles. The molecule has 44 heavy (non-hydrogen) atoms. The van der Waals surface area contributed by atoms with Gasteiger partial charge in [0.2, 0.25) is 0 Å². The number of hydrogen-bond donors (Lipinski definition) is 0. The number of likely N-dealkylation sites (tertiary alicyclic amines) is 1. The summed E-state index contributed by atoms with van der Waals surface area (Å²) in [6, 6.07) is 12.6. The molecule has 2 aromatic carbocycles. The van der Waals surface area contributed by atoms with Crippen molar-refractivity contribution < 1.29 is 18.7 Å². The van der Waals surface area contributed by atoms with Crippen LogP contribution in [0.3, 0.4) is 0 Å². The lowest BCUT2D eigenvalue weighted by molar-refractivity contribution is 0.0145. The molecule has 3 aromatic rings. The zero-order valence-electron chi connectivity index (χ0n) is 25.9. The van der Waals surface area contributed by atoms with Crippen LogP contribution in [0.1, 0.15) is 51.2 Å². The predicted octanol–water partition coefficient (Wildman–Crippen LogP) is 5.43. The van der Waals surface area contributed by atoms with Crippen LogP contribution in [0.2, 0.25) is 0 Å². The Kier molecular flexibility index (Phi) is 8.89. The molecule has 0 bridgehead atoms. The number of hydrogen-bond acceptors (Lipinski definition) is 9. The largest absolute Gasteiger partial charge is 0.462 e. The Hall–Kier alpha value is -4.48. The molecule has 0 radical (unpaired) electrons. The minimum atomic E-state index is -0.671. The van der Waals surface area contributed by atoms with E-state index in [0.717, 1.165) is 24.9 Å². The molecule has 5 rings (SSSR count). The number of piperazine rings is 1. The lowest BCUT2D eigenvalue weighted by Crippen LogP contribution is -2.56. The molecule has 3 heterocycles. The summed E-state index contributed by atoms with van der Waals surface area (Å²) in [5, 5.41) is 20.3. The van der Waals surface area contributed by atoms with Gasteiger partial charge in [-0.2, -0.15) is 20.5 Å². The molecule has 0 saturated carbocycles. The maximum atomic E-state index is 15.0. The van der Waals surface area contributed by atoms with E-state index in [9.17, 15) is 15.3 Å². The average Bonchev–Trinajstić information content (AvgIpc) is 3.39. The molecule has 1 amide bonds. The Bertz CT molecular complexity index is 1640. The first-order valence-corrected chi connectivity index (χ1v) is 14.9. The van der Waals surface area contributed by atoms with Crippen molar-refractivity contribution in [1.82, 2.24) is 19.8 Å². The number of halogens is 1. The number of anilines is 1. The van der Waals surface area contributed by atoms with Gasteiger partial charge in [0.1, 0.15) is 23.8 Å². The number of likely N-dealkylation sites (N-methyl/N-ethyl adjacent to an activating group) is 1. The van der Waals surface area contributed by atoms with Gasteiger partial charge in [-0.1, -0.05) is 11.6 Å². The third-order valence-electron chi connectivity index (χ3n) is 8.14. The minimum Gasteiger partial charge on any atom is -0.462 e. The van der Waals surface area contributed by atoms with E-state index >= 15 is 4.39 Å². The maximum Gasteiger partial charge on any atom is 0.410 e. The Morgan fingerprint density at radius 2 is 1.89 bits per heavy atom. The van der Waals surface area contributed by atoms with Crippen LogP contribution in [-0.2, 0) is 4.74 Å². The summed E-state index contributed by atoms with van der Waals surface area (Å²) in [4.78, 5) is 28.4. The van der Waals surface area contributed by atoms with E-state index < -0.39 is 23.6 Å². The lowest BCUT2D eigenvalue weighted by Gasteiger charge is -2.41. The van der Waals surface area contributed by atoms with Crippen LogP contribution in [0.5, 0.6) is 6.01 Å². The lowest BCUT2D eigenvalue weighted by atomic mass is 9.96. The zero-order valence-corrected chi connectivity index (χ0v) is 25.9. The number of aromatic nitrogens is 2. The molecule has 230 valence electrons. The third-order valence-corrected chi connectivity index (χ3v) is 8.14. The average molecular weight is 600 g/mol. The number of ether oxygens (including phenoxy) is 2. The van der Waals surface area contributed by atoms with Crippen LogP contribution >= 0.6 is 0 Å². The number of nitriles is 2. The van der Waals surface area contributed by atoms with E-state index in [-0.39, 0.29) is 24.0 Å². The predicted molar refractivity (Wildman–Crippen MR) is 165 cm³/mol. The second-order valence-electron chi connectivity index (χ2n) is 12.6. The SMILES string of the molecule is Cc1ccc(F)c(-c2cc3nc(OC[C@@H]4CCCN4C)nc(N4CCN(C(=O)OC(C)(C)C)[C@@H](CC#N)C4)c3cc2C#N)c1. The Morgan fingerprint density at radius 3 is 2.57 bits per heavy atom. The van der Waals surface area contributed by atoms with E-state index in [4.69, 9.17) is 19.4 Å². The topological polar surface area (TPSA) is 119 Å². The number of fused-ring (bicyclic) bond motifs is 1. The number of benzene rings is 2. The Morgan fingerprint density at radius 1 is 1.09 bits per heavy atom. The standard InChI is InChI=1S/C33H38FN7O3/c1-21-8-9-28(34)26(15-21)25-17-29-27(16-22(25)18-36)30(38-31(37-29)43-20-24-7-6-12-39(24)5)40-13-14-41(23(19-40)10-11-35)32(42)44-33(2,3)4/h8-9,15-17,23-24H,6-7,10,12-14,19-20H2,1-5H3/t23-,24-/m0/s1. The normalized spacial score (nSPS) is 19.1. The van der Waals surface area contributed by atoms with Crippen molar-refractivity contribution in [2.75, 3.05) is 44.7 Å². The summed E-state index contributed by atoms with van der Waals surface area (Å²) >= 11 is 0. The van der Waals surface area contributed by atoms with Crippen LogP contribution in [0.4, 0.5) is 15.0 Å². The van der Waals surface area contributed by atoms with Gasteiger partial charge in [0.25, 0.3) is 0 Å². The minimum absolute atomic E-state index is 0.107. The first-order chi connectivity index (χ1) is 21.0. The van der Waals surface area contributed by atoms with Gasteiger partial charge in [-0.05, 0) is 78.4 Å². The van der Waals surface area contributed by atoms with Gasteiger partial charge >= 0.3 is 12.1 Å². The van der Waals surface area contributed by atoms with Crippen molar-refractivity contribution in [3.05, 3.63) is 47.3 Å². The molecule has 0 N–H and O–H groups in total. The zero-order chi connectivity index (χ0) is 31.6.